The van der Waals surface area contributed by atoms with E-state index in [2.05, 4.69) is 264 Å². The molecule has 17 rings (SSSR count). The van der Waals surface area contributed by atoms with Crippen molar-refractivity contribution in [1.82, 2.24) is 39.0 Å². The van der Waals surface area contributed by atoms with Crippen LogP contribution in [0.4, 0.5) is 0 Å². The first-order valence-corrected chi connectivity index (χ1v) is 30.9. The van der Waals surface area contributed by atoms with Gasteiger partial charge in [0.25, 0.3) is 0 Å². The number of fused-ring (bicyclic) bond motifs is 6. The van der Waals surface area contributed by atoms with Crippen LogP contribution in [-0.2, 0) is 0 Å². The molecule has 0 N–H and O–H groups in total. The smallest absolute Gasteiger partial charge is 0.165 e. The minimum absolute atomic E-state index is 0.442. The highest BCUT2D eigenvalue weighted by atomic mass is 15.1. The molecule has 0 atom stereocenters. The van der Waals surface area contributed by atoms with Crippen LogP contribution >= 0.6 is 0 Å². The summed E-state index contributed by atoms with van der Waals surface area (Å²) < 4.78 is 4.74. The first kappa shape index (κ1) is 53.7. The van der Waals surface area contributed by atoms with Gasteiger partial charge in [0, 0.05) is 77.4 Å². The van der Waals surface area contributed by atoms with Gasteiger partial charge in [-0.2, -0.15) is 0 Å². The number of rotatable bonds is 12. The van der Waals surface area contributed by atoms with Crippen molar-refractivity contribution in [3.8, 4) is 124 Å². The predicted molar refractivity (Wildman–Crippen MR) is 376 cm³/mol. The summed E-state index contributed by atoms with van der Waals surface area (Å²) in [6, 6.07) is 115. The first-order chi connectivity index (χ1) is 45.7. The molecule has 0 spiro atoms. The van der Waals surface area contributed by atoms with Gasteiger partial charge in [0.15, 0.2) is 34.9 Å². The van der Waals surface area contributed by atoms with Crippen molar-refractivity contribution in [3.63, 3.8) is 0 Å². The molecule has 13 aromatic carbocycles. The van der Waals surface area contributed by atoms with Crippen LogP contribution in [0, 0.1) is 0 Å². The summed E-state index contributed by atoms with van der Waals surface area (Å²) in [6.45, 7) is 0. The maximum Gasteiger partial charge on any atom is 0.165 e. The predicted octanol–water partition coefficient (Wildman–Crippen LogP) is 20.9. The minimum Gasteiger partial charge on any atom is -0.309 e. The molecule has 8 nitrogen and oxygen atoms in total. The molecule has 0 bridgehead atoms. The Hall–Kier alpha value is -12.5. The summed E-state index contributed by atoms with van der Waals surface area (Å²) in [4.78, 5) is 33.9. The van der Waals surface area contributed by atoms with Crippen molar-refractivity contribution in [2.45, 2.75) is 0 Å². The molecular formula is C84H54N8. The van der Waals surface area contributed by atoms with Gasteiger partial charge in [-0.15, -0.1) is 0 Å². The van der Waals surface area contributed by atoms with Gasteiger partial charge in [0.1, 0.15) is 0 Å². The van der Waals surface area contributed by atoms with E-state index < -0.39 is 0 Å². The lowest BCUT2D eigenvalue weighted by Gasteiger charge is -2.28. The zero-order valence-corrected chi connectivity index (χ0v) is 49.8. The van der Waals surface area contributed by atoms with E-state index in [1.807, 2.05) is 72.8 Å². The third-order valence-corrected chi connectivity index (χ3v) is 17.4. The van der Waals surface area contributed by atoms with Gasteiger partial charge in [-0.1, -0.05) is 267 Å². The molecule has 0 aliphatic heterocycles. The highest BCUT2D eigenvalue weighted by Crippen LogP contribution is 2.56. The van der Waals surface area contributed by atoms with Crippen molar-refractivity contribution in [2.75, 3.05) is 0 Å². The topological polar surface area (TPSA) is 87.2 Å². The number of para-hydroxylation sites is 4. The van der Waals surface area contributed by atoms with Crippen molar-refractivity contribution >= 4 is 43.6 Å². The Balaban J connectivity index is 1.13. The molecule has 0 fully saturated rings. The third-order valence-electron chi connectivity index (χ3n) is 17.4. The normalized spacial score (nSPS) is 11.5. The maximum atomic E-state index is 5.79. The summed E-state index contributed by atoms with van der Waals surface area (Å²) >= 11 is 0. The van der Waals surface area contributed by atoms with Gasteiger partial charge in [-0.25, -0.2) is 29.9 Å². The summed E-state index contributed by atoms with van der Waals surface area (Å²) in [5.74, 6) is 2.95. The van der Waals surface area contributed by atoms with Crippen LogP contribution in [0.1, 0.15) is 0 Å². The Morgan fingerprint density at radius 2 is 0.402 bits per heavy atom. The first-order valence-electron chi connectivity index (χ1n) is 30.9. The summed E-state index contributed by atoms with van der Waals surface area (Å²) in [5.41, 5.74) is 18.9. The number of hydrogen-bond acceptors (Lipinski definition) is 6. The Morgan fingerprint density at radius 1 is 0.163 bits per heavy atom. The van der Waals surface area contributed by atoms with Crippen molar-refractivity contribution in [3.05, 3.63) is 328 Å². The van der Waals surface area contributed by atoms with E-state index in [0.29, 0.717) is 34.9 Å². The molecule has 92 heavy (non-hydrogen) atoms. The zero-order chi connectivity index (χ0) is 60.9. The van der Waals surface area contributed by atoms with Gasteiger partial charge < -0.3 is 9.13 Å². The summed E-state index contributed by atoms with van der Waals surface area (Å²) in [6.07, 6.45) is 0. The lowest BCUT2D eigenvalue weighted by Crippen LogP contribution is -2.08. The number of benzene rings is 13. The molecule has 4 heterocycles. The maximum absolute atomic E-state index is 5.79. The van der Waals surface area contributed by atoms with Crippen LogP contribution in [0.15, 0.2) is 328 Å². The molecular weight excluding hydrogens is 1120 g/mol. The molecule has 430 valence electrons. The second-order valence-corrected chi connectivity index (χ2v) is 22.9. The lowest BCUT2D eigenvalue weighted by molar-refractivity contribution is 1.06. The van der Waals surface area contributed by atoms with Crippen LogP contribution in [0.25, 0.3) is 168 Å². The zero-order valence-electron chi connectivity index (χ0n) is 49.8. The highest BCUT2D eigenvalue weighted by molar-refractivity contribution is 6.18. The van der Waals surface area contributed by atoms with Gasteiger partial charge in [-0.3, -0.25) is 0 Å². The molecule has 0 unspecified atom stereocenters. The van der Waals surface area contributed by atoms with Crippen molar-refractivity contribution in [2.24, 2.45) is 0 Å². The summed E-state index contributed by atoms with van der Waals surface area (Å²) in [5, 5.41) is 4.41. The molecule has 0 radical (unpaired) electrons. The summed E-state index contributed by atoms with van der Waals surface area (Å²) in [7, 11) is 0. The van der Waals surface area contributed by atoms with Crippen LogP contribution in [0.5, 0.6) is 0 Å². The lowest BCUT2D eigenvalue weighted by atomic mass is 9.76. The molecule has 4 aromatic heterocycles. The monoisotopic (exact) mass is 1170 g/mol. The molecule has 0 saturated carbocycles. The number of aromatic nitrogens is 8. The van der Waals surface area contributed by atoms with Gasteiger partial charge in [0.2, 0.25) is 0 Å². The second kappa shape index (κ2) is 22.9. The van der Waals surface area contributed by atoms with E-state index in [9.17, 15) is 0 Å². The standard InChI is InChI=1S/C84H54N8/c1-9-29-55(30-10-1)73-74(56-31-11-2-12-32-56)76(62-50-52-72-68(54-62)66-46-26-28-48-70(66)92(72)64-43-23-8-24-44-64)78(84-89-81(59-37-17-5-18-38-59)86-82(90-84)60-39-19-6-20-40-60)77(83-87-79(57-33-13-3-14-34-57)85-80(88-83)58-35-15-4-16-36-58)75(73)61-49-51-71-67(53-61)65-45-25-27-47-69(65)91(71)63-41-21-7-22-42-63/h1-54H. The molecule has 0 aliphatic rings. The van der Waals surface area contributed by atoms with Crippen LogP contribution in [0.2, 0.25) is 0 Å². The van der Waals surface area contributed by atoms with Crippen LogP contribution in [-0.4, -0.2) is 39.0 Å². The van der Waals surface area contributed by atoms with Crippen LogP contribution < -0.4 is 0 Å². The third kappa shape index (κ3) is 9.41. The van der Waals surface area contributed by atoms with E-state index in [4.69, 9.17) is 29.9 Å². The Morgan fingerprint density at radius 3 is 0.717 bits per heavy atom. The largest absolute Gasteiger partial charge is 0.309 e. The fraction of sp³-hybridized carbons (Fsp3) is 0. The Labute approximate surface area is 531 Å². The molecule has 17 aromatic rings. The number of nitrogens with zero attached hydrogens (tertiary/aromatic N) is 8. The quantitative estimate of drug-likeness (QED) is 0.121. The number of hydrogen-bond donors (Lipinski definition) is 0. The van der Waals surface area contributed by atoms with E-state index in [1.165, 1.54) is 0 Å². The minimum atomic E-state index is 0.442. The Kier molecular flexibility index (Phi) is 13.4. The van der Waals surface area contributed by atoms with Gasteiger partial charge in [0.05, 0.1) is 22.1 Å². The fourth-order valence-electron chi connectivity index (χ4n) is 13.4. The van der Waals surface area contributed by atoms with Crippen LogP contribution in [0.3, 0.4) is 0 Å². The Bertz CT molecular complexity index is 5120. The highest BCUT2D eigenvalue weighted by Gasteiger charge is 2.34. The van der Waals surface area contributed by atoms with E-state index in [-0.39, 0.29) is 0 Å². The second-order valence-electron chi connectivity index (χ2n) is 22.9. The molecule has 0 saturated heterocycles. The van der Waals surface area contributed by atoms with E-state index in [0.717, 1.165) is 133 Å². The average Bonchev–Trinajstić information content (AvgIpc) is 0.877. The molecule has 8 heteroatoms. The van der Waals surface area contributed by atoms with Gasteiger partial charge in [-0.05, 0) is 94.0 Å². The SMILES string of the molecule is c1ccc(-c2nc(-c3ccccc3)nc(-c3c(-c4ccc5c(c4)c4ccccc4n5-c4ccccc4)c(-c4ccccc4)c(-c4ccccc4)c(-c4ccc5c(c4)c4ccccc4n5-c4ccccc4)c3-c3nc(-c4ccccc4)nc(-c4ccccc4)n3)n2)cc1. The van der Waals surface area contributed by atoms with Gasteiger partial charge >= 0.3 is 0 Å². The molecule has 0 aliphatic carbocycles. The van der Waals surface area contributed by atoms with Crippen molar-refractivity contribution in [1.29, 1.82) is 0 Å². The molecule has 0 amide bonds. The van der Waals surface area contributed by atoms with E-state index >= 15 is 0 Å². The fourth-order valence-corrected chi connectivity index (χ4v) is 13.4. The van der Waals surface area contributed by atoms with E-state index in [1.54, 1.807) is 0 Å². The van der Waals surface area contributed by atoms with Crippen molar-refractivity contribution < 1.29 is 0 Å². The average molecular weight is 1180 g/mol.